The van der Waals surface area contributed by atoms with Crippen LogP contribution in [-0.4, -0.2) is 53.5 Å². The Bertz CT molecular complexity index is 934. The first-order valence-corrected chi connectivity index (χ1v) is 12.1. The van der Waals surface area contributed by atoms with E-state index in [0.29, 0.717) is 30.3 Å². The van der Waals surface area contributed by atoms with E-state index in [1.54, 1.807) is 7.11 Å². The third-order valence-corrected chi connectivity index (χ3v) is 7.81. The first kappa shape index (κ1) is 21.3. The lowest BCUT2D eigenvalue weighted by Crippen LogP contribution is -2.56. The predicted molar refractivity (Wildman–Crippen MR) is 125 cm³/mol. The minimum atomic E-state index is -0.151. The Balaban J connectivity index is 1.16. The maximum absolute atomic E-state index is 12.4. The highest BCUT2D eigenvalue weighted by Gasteiger charge is 2.42. The van der Waals surface area contributed by atoms with E-state index in [-0.39, 0.29) is 6.03 Å². The zero-order valence-corrected chi connectivity index (χ0v) is 19.2. The van der Waals surface area contributed by atoms with Crippen molar-refractivity contribution in [2.45, 2.75) is 56.4 Å². The predicted octanol–water partition coefficient (Wildman–Crippen LogP) is 4.09. The van der Waals surface area contributed by atoms with E-state index in [1.165, 1.54) is 43.5 Å². The van der Waals surface area contributed by atoms with Gasteiger partial charge in [0, 0.05) is 49.4 Å². The van der Waals surface area contributed by atoms with E-state index < -0.39 is 0 Å². The van der Waals surface area contributed by atoms with Crippen LogP contribution in [0.15, 0.2) is 30.3 Å². The zero-order valence-electron chi connectivity index (χ0n) is 19.2. The largest absolute Gasteiger partial charge is 0.497 e. The molecule has 0 radical (unpaired) electrons. The highest BCUT2D eigenvalue weighted by atomic mass is 16.5. The number of carbonyl (C=O) groups is 1. The highest BCUT2D eigenvalue weighted by Crippen LogP contribution is 2.43. The van der Waals surface area contributed by atoms with Crippen molar-refractivity contribution in [3.05, 3.63) is 41.7 Å². The van der Waals surface area contributed by atoms with Gasteiger partial charge >= 0.3 is 6.03 Å². The normalized spacial score (nSPS) is 27.4. The Morgan fingerprint density at radius 3 is 2.66 bits per heavy atom. The maximum Gasteiger partial charge on any atom is 0.319 e. The molecule has 3 saturated heterocycles. The Morgan fingerprint density at radius 1 is 1.19 bits per heavy atom. The van der Waals surface area contributed by atoms with Gasteiger partial charge in [0.05, 0.1) is 12.8 Å². The lowest BCUT2D eigenvalue weighted by Gasteiger charge is -2.49. The number of amides is 2. The fourth-order valence-corrected chi connectivity index (χ4v) is 6.02. The molecule has 3 aliphatic heterocycles. The minimum absolute atomic E-state index is 0.151. The van der Waals surface area contributed by atoms with Crippen LogP contribution in [0.3, 0.4) is 0 Å². The first-order valence-electron chi connectivity index (χ1n) is 12.1. The van der Waals surface area contributed by atoms with Gasteiger partial charge in [-0.25, -0.2) is 4.79 Å². The molecule has 2 bridgehead atoms. The summed E-state index contributed by atoms with van der Waals surface area (Å²) in [6.45, 7) is 2.88. The number of hydrogen-bond donors (Lipinski definition) is 2. The van der Waals surface area contributed by atoms with Gasteiger partial charge in [0.1, 0.15) is 5.75 Å². The van der Waals surface area contributed by atoms with Gasteiger partial charge in [0.15, 0.2) is 0 Å². The van der Waals surface area contributed by atoms with Crippen molar-refractivity contribution in [1.82, 2.24) is 20.0 Å². The summed E-state index contributed by atoms with van der Waals surface area (Å²) < 4.78 is 7.31. The van der Waals surface area contributed by atoms with Gasteiger partial charge < -0.3 is 15.4 Å². The van der Waals surface area contributed by atoms with Gasteiger partial charge in [-0.05, 0) is 68.5 Å². The van der Waals surface area contributed by atoms with Crippen LogP contribution in [0.2, 0.25) is 0 Å². The third-order valence-electron chi connectivity index (χ3n) is 7.81. The van der Waals surface area contributed by atoms with Crippen molar-refractivity contribution in [2.75, 3.05) is 32.1 Å². The number of anilines is 1. The Labute approximate surface area is 190 Å². The van der Waals surface area contributed by atoms with Crippen LogP contribution in [0, 0.1) is 5.92 Å². The first-order chi connectivity index (χ1) is 15.6. The van der Waals surface area contributed by atoms with Crippen molar-refractivity contribution in [1.29, 1.82) is 0 Å². The lowest BCUT2D eigenvalue weighted by atomic mass is 9.74. The molecule has 1 aromatic heterocycles. The monoisotopic (exact) mass is 437 g/mol. The van der Waals surface area contributed by atoms with E-state index in [9.17, 15) is 4.79 Å². The van der Waals surface area contributed by atoms with Crippen molar-refractivity contribution >= 4 is 11.7 Å². The maximum atomic E-state index is 12.4. The molecule has 2 N–H and O–H groups in total. The summed E-state index contributed by atoms with van der Waals surface area (Å²) in [6.07, 6.45) is 7.65. The number of ether oxygens (including phenoxy) is 1. The Morgan fingerprint density at radius 2 is 1.97 bits per heavy atom. The molecule has 7 nitrogen and oxygen atoms in total. The molecule has 4 heterocycles. The number of piperidine rings is 3. The van der Waals surface area contributed by atoms with Crippen molar-refractivity contribution in [3.8, 4) is 5.75 Å². The van der Waals surface area contributed by atoms with Crippen LogP contribution in [-0.2, 0) is 7.05 Å². The number of methoxy groups -OCH3 is 1. The number of nitrogens with zero attached hydrogens (tertiary/aromatic N) is 3. The summed E-state index contributed by atoms with van der Waals surface area (Å²) in [5.41, 5.74) is 3.48. The quantitative estimate of drug-likeness (QED) is 0.714. The molecular formula is C25H35N5O2. The number of benzene rings is 1. The molecule has 4 fully saturated rings. The van der Waals surface area contributed by atoms with E-state index >= 15 is 0 Å². The number of nitrogens with one attached hydrogen (secondary N) is 2. The Kier molecular flexibility index (Phi) is 6.09. The standard InChI is InChI=1S/C25H35N5O2/c1-29-24(14-23(28-29)17-5-3-4-6-17)22-16-30-12-11-18(22)13-20(30)15-26-25(31)27-19-7-9-21(32-2)10-8-19/h7-10,14,17-18,20,22H,3-6,11-13,15-16H2,1-2H3,(H2,26,27,31). The summed E-state index contributed by atoms with van der Waals surface area (Å²) in [5.74, 6) is 2.67. The molecule has 172 valence electrons. The smallest absolute Gasteiger partial charge is 0.319 e. The number of aromatic nitrogens is 2. The number of fused-ring (bicyclic) bond motifs is 3. The summed E-state index contributed by atoms with van der Waals surface area (Å²) in [4.78, 5) is 15.0. The molecule has 1 aliphatic carbocycles. The third kappa shape index (κ3) is 4.35. The van der Waals surface area contributed by atoms with Crippen LogP contribution in [0.1, 0.15) is 61.7 Å². The van der Waals surface area contributed by atoms with Crippen molar-refractivity contribution in [3.63, 3.8) is 0 Å². The summed E-state index contributed by atoms with van der Waals surface area (Å²) in [5, 5.41) is 10.9. The van der Waals surface area contributed by atoms with Gasteiger partial charge in [-0.2, -0.15) is 5.10 Å². The fourth-order valence-electron chi connectivity index (χ4n) is 6.02. The second kappa shape index (κ2) is 9.14. The van der Waals surface area contributed by atoms with Crippen LogP contribution < -0.4 is 15.4 Å². The topological polar surface area (TPSA) is 71.4 Å². The van der Waals surface area contributed by atoms with E-state index in [0.717, 1.165) is 30.9 Å². The van der Waals surface area contributed by atoms with Gasteiger partial charge in [-0.3, -0.25) is 9.58 Å². The van der Waals surface area contributed by atoms with Crippen LogP contribution in [0.25, 0.3) is 0 Å². The SMILES string of the molecule is COc1ccc(NC(=O)NCC2CC3CCN2CC3c2cc(C3CCCC3)nn2C)cc1. The molecule has 7 heteroatoms. The molecule has 2 aromatic rings. The van der Waals surface area contributed by atoms with Crippen molar-refractivity contribution < 1.29 is 9.53 Å². The van der Waals surface area contributed by atoms with E-state index in [4.69, 9.17) is 9.84 Å². The fraction of sp³-hybridized carbons (Fsp3) is 0.600. The van der Waals surface area contributed by atoms with Crippen LogP contribution in [0.5, 0.6) is 5.75 Å². The molecule has 1 saturated carbocycles. The molecule has 1 aromatic carbocycles. The minimum Gasteiger partial charge on any atom is -0.497 e. The molecular weight excluding hydrogens is 402 g/mol. The molecule has 4 aliphatic rings. The molecule has 32 heavy (non-hydrogen) atoms. The average molecular weight is 438 g/mol. The molecule has 4 unspecified atom stereocenters. The van der Waals surface area contributed by atoms with Gasteiger partial charge in [0.2, 0.25) is 0 Å². The Hall–Kier alpha value is -2.54. The molecule has 0 spiro atoms. The second-order valence-electron chi connectivity index (χ2n) is 9.70. The second-order valence-corrected chi connectivity index (χ2v) is 9.70. The lowest BCUT2D eigenvalue weighted by molar-refractivity contribution is 0.0296. The average Bonchev–Trinajstić information content (AvgIpc) is 3.48. The van der Waals surface area contributed by atoms with E-state index in [2.05, 4.69) is 33.3 Å². The van der Waals surface area contributed by atoms with Crippen LogP contribution >= 0.6 is 0 Å². The molecule has 4 atom stereocenters. The summed E-state index contributed by atoms with van der Waals surface area (Å²) in [6, 6.07) is 10.1. The summed E-state index contributed by atoms with van der Waals surface area (Å²) >= 11 is 0. The van der Waals surface area contributed by atoms with E-state index in [1.807, 2.05) is 24.3 Å². The number of urea groups is 1. The van der Waals surface area contributed by atoms with Gasteiger partial charge in [-0.1, -0.05) is 12.8 Å². The number of hydrogen-bond acceptors (Lipinski definition) is 4. The highest BCUT2D eigenvalue weighted by molar-refractivity contribution is 5.89. The van der Waals surface area contributed by atoms with Gasteiger partial charge in [0.25, 0.3) is 0 Å². The number of aryl methyl sites for hydroxylation is 1. The molecule has 2 amide bonds. The molecule has 6 rings (SSSR count). The van der Waals surface area contributed by atoms with Crippen molar-refractivity contribution in [2.24, 2.45) is 13.0 Å². The van der Waals surface area contributed by atoms with Gasteiger partial charge in [-0.15, -0.1) is 0 Å². The number of carbonyl (C=O) groups excluding carboxylic acids is 1. The zero-order chi connectivity index (χ0) is 22.1. The van der Waals surface area contributed by atoms with Crippen LogP contribution in [0.4, 0.5) is 10.5 Å². The number of rotatable bonds is 6. The summed E-state index contributed by atoms with van der Waals surface area (Å²) in [7, 11) is 3.75.